The van der Waals surface area contributed by atoms with Crippen molar-refractivity contribution < 1.29 is 9.18 Å². The fourth-order valence-corrected chi connectivity index (χ4v) is 1.78. The lowest BCUT2D eigenvalue weighted by atomic mass is 10.1. The average Bonchev–Trinajstić information content (AvgIpc) is 2.26. The SMILES string of the molecule is CNCC(C)C(=O)Nc1cc(Cl)c(F)c(Cl)c1. The van der Waals surface area contributed by atoms with E-state index in [4.69, 9.17) is 23.2 Å². The van der Waals surface area contributed by atoms with Crippen molar-refractivity contribution in [3.63, 3.8) is 0 Å². The van der Waals surface area contributed by atoms with Gasteiger partial charge < -0.3 is 10.6 Å². The lowest BCUT2D eigenvalue weighted by molar-refractivity contribution is -0.119. The summed E-state index contributed by atoms with van der Waals surface area (Å²) in [6.45, 7) is 2.33. The molecular formula is C11H13Cl2FN2O. The van der Waals surface area contributed by atoms with E-state index in [9.17, 15) is 9.18 Å². The maximum Gasteiger partial charge on any atom is 0.228 e. The van der Waals surface area contributed by atoms with Gasteiger partial charge in [-0.1, -0.05) is 30.1 Å². The quantitative estimate of drug-likeness (QED) is 0.832. The van der Waals surface area contributed by atoms with Gasteiger partial charge in [-0.15, -0.1) is 0 Å². The van der Waals surface area contributed by atoms with Crippen LogP contribution < -0.4 is 10.6 Å². The van der Waals surface area contributed by atoms with Crippen molar-refractivity contribution >= 4 is 34.8 Å². The highest BCUT2D eigenvalue weighted by Gasteiger charge is 2.14. The van der Waals surface area contributed by atoms with Gasteiger partial charge in [-0.3, -0.25) is 4.79 Å². The molecule has 2 N–H and O–H groups in total. The Balaban J connectivity index is 2.79. The Morgan fingerprint density at radius 2 is 1.94 bits per heavy atom. The zero-order valence-electron chi connectivity index (χ0n) is 9.48. The third-order valence-corrected chi connectivity index (χ3v) is 2.76. The number of halogens is 3. The lowest BCUT2D eigenvalue weighted by Gasteiger charge is -2.12. The number of hydrogen-bond donors (Lipinski definition) is 2. The van der Waals surface area contributed by atoms with Crippen LogP contribution in [0.25, 0.3) is 0 Å². The number of rotatable bonds is 4. The van der Waals surface area contributed by atoms with Gasteiger partial charge in [0.25, 0.3) is 0 Å². The van der Waals surface area contributed by atoms with E-state index >= 15 is 0 Å². The van der Waals surface area contributed by atoms with Crippen molar-refractivity contribution in [3.8, 4) is 0 Å². The third kappa shape index (κ3) is 3.84. The maximum absolute atomic E-state index is 13.1. The zero-order valence-corrected chi connectivity index (χ0v) is 11.0. The minimum Gasteiger partial charge on any atom is -0.326 e. The van der Waals surface area contributed by atoms with Crippen LogP contribution in [-0.4, -0.2) is 19.5 Å². The van der Waals surface area contributed by atoms with Gasteiger partial charge in [0.1, 0.15) is 0 Å². The van der Waals surface area contributed by atoms with Crippen LogP contribution >= 0.6 is 23.2 Å². The van der Waals surface area contributed by atoms with Crippen LogP contribution in [0.1, 0.15) is 6.92 Å². The van der Waals surface area contributed by atoms with E-state index in [1.807, 2.05) is 0 Å². The van der Waals surface area contributed by atoms with Gasteiger partial charge in [0.15, 0.2) is 5.82 Å². The monoisotopic (exact) mass is 278 g/mol. The van der Waals surface area contributed by atoms with Crippen molar-refractivity contribution in [2.45, 2.75) is 6.92 Å². The molecule has 1 atom stereocenters. The molecule has 0 aromatic heterocycles. The first-order valence-corrected chi connectivity index (χ1v) is 5.81. The van der Waals surface area contributed by atoms with E-state index < -0.39 is 5.82 Å². The summed E-state index contributed by atoms with van der Waals surface area (Å²) in [5.41, 5.74) is 0.384. The summed E-state index contributed by atoms with van der Waals surface area (Å²) >= 11 is 11.2. The highest BCUT2D eigenvalue weighted by atomic mass is 35.5. The van der Waals surface area contributed by atoms with Gasteiger partial charge in [0.05, 0.1) is 10.0 Å². The second-order valence-electron chi connectivity index (χ2n) is 3.70. The van der Waals surface area contributed by atoms with Gasteiger partial charge in [-0.05, 0) is 19.2 Å². The summed E-state index contributed by atoms with van der Waals surface area (Å²) < 4.78 is 13.1. The Morgan fingerprint density at radius 3 is 2.41 bits per heavy atom. The molecule has 1 unspecified atom stereocenters. The number of benzene rings is 1. The first-order valence-electron chi connectivity index (χ1n) is 5.05. The van der Waals surface area contributed by atoms with E-state index in [0.29, 0.717) is 12.2 Å². The minimum absolute atomic E-state index is 0.117. The van der Waals surface area contributed by atoms with Crippen LogP contribution in [0.3, 0.4) is 0 Å². The fourth-order valence-electron chi connectivity index (χ4n) is 1.29. The van der Waals surface area contributed by atoms with Crippen LogP contribution in [0, 0.1) is 11.7 Å². The number of carbonyl (C=O) groups excluding carboxylic acids is 1. The molecule has 6 heteroatoms. The standard InChI is InChI=1S/C11H13Cl2FN2O/c1-6(5-15-2)11(17)16-7-3-8(12)10(14)9(13)4-7/h3-4,6,15H,5H2,1-2H3,(H,16,17). The molecule has 0 radical (unpaired) electrons. The van der Waals surface area contributed by atoms with Crippen molar-refractivity contribution in [2.75, 3.05) is 18.9 Å². The average molecular weight is 279 g/mol. The van der Waals surface area contributed by atoms with Gasteiger partial charge in [0.2, 0.25) is 5.91 Å². The Bertz CT molecular complexity index is 403. The molecule has 0 spiro atoms. The van der Waals surface area contributed by atoms with Crippen molar-refractivity contribution in [2.24, 2.45) is 5.92 Å². The van der Waals surface area contributed by atoms with Gasteiger partial charge in [0, 0.05) is 18.2 Å². The number of amides is 1. The van der Waals surface area contributed by atoms with Crippen LogP contribution in [0.2, 0.25) is 10.0 Å². The predicted octanol–water partition coefficient (Wildman–Crippen LogP) is 2.93. The topological polar surface area (TPSA) is 41.1 Å². The summed E-state index contributed by atoms with van der Waals surface area (Å²) in [6, 6.07) is 2.65. The molecule has 1 rings (SSSR count). The Morgan fingerprint density at radius 1 is 1.41 bits per heavy atom. The van der Waals surface area contributed by atoms with Crippen LogP contribution in [0.15, 0.2) is 12.1 Å². The van der Waals surface area contributed by atoms with Gasteiger partial charge in [-0.25, -0.2) is 4.39 Å². The molecule has 94 valence electrons. The summed E-state index contributed by atoms with van der Waals surface area (Å²) in [4.78, 5) is 11.7. The molecule has 1 aromatic carbocycles. The maximum atomic E-state index is 13.1. The zero-order chi connectivity index (χ0) is 13.0. The number of nitrogens with one attached hydrogen (secondary N) is 2. The van der Waals surface area contributed by atoms with E-state index in [2.05, 4.69) is 10.6 Å². The van der Waals surface area contributed by atoms with Crippen LogP contribution in [0.4, 0.5) is 10.1 Å². The molecule has 3 nitrogen and oxygen atoms in total. The minimum atomic E-state index is -0.686. The van der Waals surface area contributed by atoms with E-state index in [-0.39, 0.29) is 21.9 Å². The molecule has 0 heterocycles. The van der Waals surface area contributed by atoms with Crippen LogP contribution in [0.5, 0.6) is 0 Å². The fraction of sp³-hybridized carbons (Fsp3) is 0.364. The van der Waals surface area contributed by atoms with Crippen LogP contribution in [-0.2, 0) is 4.79 Å². The molecule has 1 amide bonds. The first kappa shape index (κ1) is 14.2. The van der Waals surface area contributed by atoms with Crippen molar-refractivity contribution in [1.29, 1.82) is 0 Å². The van der Waals surface area contributed by atoms with Crippen molar-refractivity contribution in [1.82, 2.24) is 5.32 Å². The lowest BCUT2D eigenvalue weighted by Crippen LogP contribution is -2.28. The highest BCUT2D eigenvalue weighted by Crippen LogP contribution is 2.27. The van der Waals surface area contributed by atoms with Gasteiger partial charge in [-0.2, -0.15) is 0 Å². The molecule has 0 fully saturated rings. The molecule has 0 aliphatic heterocycles. The normalized spacial score (nSPS) is 12.3. The molecule has 0 saturated heterocycles. The van der Waals surface area contributed by atoms with E-state index in [1.54, 1.807) is 14.0 Å². The number of carbonyl (C=O) groups is 1. The Hall–Kier alpha value is -0.840. The highest BCUT2D eigenvalue weighted by molar-refractivity contribution is 6.35. The van der Waals surface area contributed by atoms with E-state index in [1.165, 1.54) is 12.1 Å². The Kier molecular flexibility index (Phi) is 5.18. The van der Waals surface area contributed by atoms with Crippen molar-refractivity contribution in [3.05, 3.63) is 28.0 Å². The molecule has 0 saturated carbocycles. The molecule has 0 aliphatic rings. The second-order valence-corrected chi connectivity index (χ2v) is 4.52. The number of hydrogen-bond acceptors (Lipinski definition) is 2. The summed E-state index contributed by atoms with van der Waals surface area (Å²) in [7, 11) is 1.76. The summed E-state index contributed by atoms with van der Waals surface area (Å²) in [5, 5.41) is 5.28. The molecule has 0 bridgehead atoms. The third-order valence-electron chi connectivity index (χ3n) is 2.21. The molecule has 0 aliphatic carbocycles. The second kappa shape index (κ2) is 6.19. The Labute approximate surface area is 109 Å². The predicted molar refractivity (Wildman–Crippen MR) is 68.1 cm³/mol. The number of anilines is 1. The largest absolute Gasteiger partial charge is 0.326 e. The molecule has 1 aromatic rings. The molecular weight excluding hydrogens is 266 g/mol. The van der Waals surface area contributed by atoms with E-state index in [0.717, 1.165) is 0 Å². The van der Waals surface area contributed by atoms with Gasteiger partial charge >= 0.3 is 0 Å². The smallest absolute Gasteiger partial charge is 0.228 e. The molecule has 17 heavy (non-hydrogen) atoms. The summed E-state index contributed by atoms with van der Waals surface area (Å²) in [5.74, 6) is -1.07. The summed E-state index contributed by atoms with van der Waals surface area (Å²) in [6.07, 6.45) is 0. The first-order chi connectivity index (χ1) is 7.95.